The summed E-state index contributed by atoms with van der Waals surface area (Å²) < 4.78 is 0. The van der Waals surface area contributed by atoms with Crippen molar-refractivity contribution < 1.29 is 9.59 Å². The Kier molecular flexibility index (Phi) is 7.88. The van der Waals surface area contributed by atoms with Crippen LogP contribution in [0.4, 0.5) is 5.69 Å². The lowest BCUT2D eigenvalue weighted by Crippen LogP contribution is -2.46. The maximum Gasteiger partial charge on any atom is 0.251 e. The second-order valence-electron chi connectivity index (χ2n) is 6.50. The fraction of sp³-hybridized carbons (Fsp3) is 0.579. The van der Waals surface area contributed by atoms with E-state index in [-0.39, 0.29) is 11.8 Å². The number of benzene rings is 1. The Morgan fingerprint density at radius 3 is 2.24 bits per heavy atom. The highest BCUT2D eigenvalue weighted by atomic mass is 16.2. The van der Waals surface area contributed by atoms with Crippen molar-refractivity contribution in [3.63, 3.8) is 0 Å². The molecule has 0 aromatic heterocycles. The molecule has 0 aliphatic carbocycles. The first-order valence-electron chi connectivity index (χ1n) is 9.19. The SMILES string of the molecule is CCN1CCN(CCCCNC(=O)c2ccc(NC(C)=O)cc2)CC1. The van der Waals surface area contributed by atoms with E-state index in [4.69, 9.17) is 0 Å². The minimum absolute atomic E-state index is 0.0639. The molecule has 25 heavy (non-hydrogen) atoms. The summed E-state index contributed by atoms with van der Waals surface area (Å²) in [6, 6.07) is 6.94. The van der Waals surface area contributed by atoms with E-state index in [9.17, 15) is 9.59 Å². The molecule has 0 unspecified atom stereocenters. The van der Waals surface area contributed by atoms with Crippen LogP contribution < -0.4 is 10.6 Å². The second kappa shape index (κ2) is 10.2. The van der Waals surface area contributed by atoms with E-state index >= 15 is 0 Å². The summed E-state index contributed by atoms with van der Waals surface area (Å²) in [5, 5.41) is 5.65. The zero-order chi connectivity index (χ0) is 18.1. The summed E-state index contributed by atoms with van der Waals surface area (Å²) in [6.07, 6.45) is 2.09. The predicted octanol–water partition coefficient (Wildman–Crippen LogP) is 1.79. The largest absolute Gasteiger partial charge is 0.352 e. The Morgan fingerprint density at radius 2 is 1.64 bits per heavy atom. The number of rotatable bonds is 8. The molecule has 6 heteroatoms. The van der Waals surface area contributed by atoms with Crippen LogP contribution >= 0.6 is 0 Å². The van der Waals surface area contributed by atoms with Crippen molar-refractivity contribution in [2.45, 2.75) is 26.7 Å². The monoisotopic (exact) mass is 346 g/mol. The normalized spacial score (nSPS) is 15.8. The molecule has 0 spiro atoms. The standard InChI is InChI=1S/C19H30N4O2/c1-3-22-12-14-23(15-13-22)11-5-4-10-20-19(25)17-6-8-18(9-7-17)21-16(2)24/h6-9H,3-5,10-15H2,1-2H3,(H,20,25)(H,21,24). The van der Waals surface area contributed by atoms with Gasteiger partial charge in [-0.05, 0) is 50.2 Å². The van der Waals surface area contributed by atoms with Gasteiger partial charge in [-0.1, -0.05) is 6.92 Å². The number of nitrogens with one attached hydrogen (secondary N) is 2. The quantitative estimate of drug-likeness (QED) is 0.705. The van der Waals surface area contributed by atoms with Gasteiger partial charge in [0, 0.05) is 50.9 Å². The van der Waals surface area contributed by atoms with E-state index < -0.39 is 0 Å². The molecule has 1 aliphatic heterocycles. The Balaban J connectivity index is 1.60. The Hall–Kier alpha value is -1.92. The van der Waals surface area contributed by atoms with E-state index in [2.05, 4.69) is 27.4 Å². The van der Waals surface area contributed by atoms with Crippen molar-refractivity contribution in [3.05, 3.63) is 29.8 Å². The average Bonchev–Trinajstić information content (AvgIpc) is 2.62. The first-order chi connectivity index (χ1) is 12.1. The van der Waals surface area contributed by atoms with Gasteiger partial charge in [0.25, 0.3) is 5.91 Å². The van der Waals surface area contributed by atoms with E-state index in [1.54, 1.807) is 24.3 Å². The lowest BCUT2D eigenvalue weighted by atomic mass is 10.2. The van der Waals surface area contributed by atoms with Crippen LogP contribution in [-0.2, 0) is 4.79 Å². The zero-order valence-electron chi connectivity index (χ0n) is 15.4. The van der Waals surface area contributed by atoms with Gasteiger partial charge < -0.3 is 20.4 Å². The van der Waals surface area contributed by atoms with Gasteiger partial charge in [-0.15, -0.1) is 0 Å². The highest BCUT2D eigenvalue weighted by Gasteiger charge is 2.14. The van der Waals surface area contributed by atoms with Crippen LogP contribution in [0.2, 0.25) is 0 Å². The molecular weight excluding hydrogens is 316 g/mol. The maximum absolute atomic E-state index is 12.1. The number of nitrogens with zero attached hydrogens (tertiary/aromatic N) is 2. The molecule has 0 saturated carbocycles. The highest BCUT2D eigenvalue weighted by Crippen LogP contribution is 2.09. The summed E-state index contributed by atoms with van der Waals surface area (Å²) in [6.45, 7) is 11.3. The van der Waals surface area contributed by atoms with Gasteiger partial charge in [0.1, 0.15) is 0 Å². The molecule has 1 aliphatic rings. The predicted molar refractivity (Wildman–Crippen MR) is 101 cm³/mol. The van der Waals surface area contributed by atoms with Gasteiger partial charge in [0.2, 0.25) is 5.91 Å². The topological polar surface area (TPSA) is 64.7 Å². The molecular formula is C19H30N4O2. The van der Waals surface area contributed by atoms with Crippen molar-refractivity contribution >= 4 is 17.5 Å². The summed E-state index contributed by atoms with van der Waals surface area (Å²) in [5.74, 6) is -0.181. The van der Waals surface area contributed by atoms with E-state index in [1.165, 1.54) is 20.0 Å². The molecule has 1 saturated heterocycles. The number of hydrogen-bond acceptors (Lipinski definition) is 4. The number of piperazine rings is 1. The minimum Gasteiger partial charge on any atom is -0.352 e. The Morgan fingerprint density at radius 1 is 1.00 bits per heavy atom. The summed E-state index contributed by atoms with van der Waals surface area (Å²) in [4.78, 5) is 28.1. The van der Waals surface area contributed by atoms with Crippen LogP contribution in [0.25, 0.3) is 0 Å². The van der Waals surface area contributed by atoms with Crippen molar-refractivity contribution in [1.82, 2.24) is 15.1 Å². The lowest BCUT2D eigenvalue weighted by molar-refractivity contribution is -0.114. The van der Waals surface area contributed by atoms with Gasteiger partial charge in [-0.2, -0.15) is 0 Å². The number of carbonyl (C=O) groups is 2. The Bertz CT molecular complexity index is 551. The maximum atomic E-state index is 12.1. The molecule has 0 atom stereocenters. The molecule has 6 nitrogen and oxygen atoms in total. The molecule has 2 N–H and O–H groups in total. The van der Waals surface area contributed by atoms with Crippen molar-refractivity contribution in [1.29, 1.82) is 0 Å². The Labute approximate surface area is 150 Å². The second-order valence-corrected chi connectivity index (χ2v) is 6.50. The van der Waals surface area contributed by atoms with Crippen LogP contribution in [0.1, 0.15) is 37.0 Å². The summed E-state index contributed by atoms with van der Waals surface area (Å²) in [7, 11) is 0. The first-order valence-corrected chi connectivity index (χ1v) is 9.19. The van der Waals surface area contributed by atoms with Crippen molar-refractivity contribution in [2.24, 2.45) is 0 Å². The fourth-order valence-electron chi connectivity index (χ4n) is 3.00. The molecule has 138 valence electrons. The van der Waals surface area contributed by atoms with Crippen molar-refractivity contribution in [2.75, 3.05) is 51.1 Å². The molecule has 1 aromatic carbocycles. The molecule has 2 amide bonds. The number of likely N-dealkylation sites (N-methyl/N-ethyl adjacent to an activating group) is 1. The van der Waals surface area contributed by atoms with Gasteiger partial charge in [0.05, 0.1) is 0 Å². The lowest BCUT2D eigenvalue weighted by Gasteiger charge is -2.33. The zero-order valence-corrected chi connectivity index (χ0v) is 15.4. The third kappa shape index (κ3) is 6.84. The molecule has 1 aromatic rings. The summed E-state index contributed by atoms with van der Waals surface area (Å²) >= 11 is 0. The number of carbonyl (C=O) groups excluding carboxylic acids is 2. The first kappa shape index (κ1) is 19.4. The van der Waals surface area contributed by atoms with Crippen LogP contribution in [0.5, 0.6) is 0 Å². The fourth-order valence-corrected chi connectivity index (χ4v) is 3.00. The average molecular weight is 346 g/mol. The van der Waals surface area contributed by atoms with E-state index in [0.717, 1.165) is 39.0 Å². The summed E-state index contributed by atoms with van der Waals surface area (Å²) in [5.41, 5.74) is 1.32. The van der Waals surface area contributed by atoms with Gasteiger partial charge in [-0.25, -0.2) is 0 Å². The van der Waals surface area contributed by atoms with E-state index in [1.807, 2.05) is 0 Å². The number of anilines is 1. The molecule has 1 heterocycles. The van der Waals surface area contributed by atoms with Gasteiger partial charge in [0.15, 0.2) is 0 Å². The molecule has 0 radical (unpaired) electrons. The van der Waals surface area contributed by atoms with E-state index in [0.29, 0.717) is 17.8 Å². The molecule has 1 fully saturated rings. The molecule has 0 bridgehead atoms. The van der Waals surface area contributed by atoms with Crippen LogP contribution in [-0.4, -0.2) is 67.4 Å². The van der Waals surface area contributed by atoms with Gasteiger partial charge in [-0.3, -0.25) is 9.59 Å². The van der Waals surface area contributed by atoms with Crippen LogP contribution in [0.3, 0.4) is 0 Å². The minimum atomic E-state index is -0.117. The third-order valence-electron chi connectivity index (χ3n) is 4.57. The number of amides is 2. The van der Waals surface area contributed by atoms with Crippen molar-refractivity contribution in [3.8, 4) is 0 Å². The molecule has 2 rings (SSSR count). The number of unbranched alkanes of at least 4 members (excludes halogenated alkanes) is 1. The van der Waals surface area contributed by atoms with Crippen LogP contribution in [0.15, 0.2) is 24.3 Å². The van der Waals surface area contributed by atoms with Crippen LogP contribution in [0, 0.1) is 0 Å². The smallest absolute Gasteiger partial charge is 0.251 e. The third-order valence-corrected chi connectivity index (χ3v) is 4.57. The van der Waals surface area contributed by atoms with Gasteiger partial charge >= 0.3 is 0 Å². The highest BCUT2D eigenvalue weighted by molar-refractivity contribution is 5.95. The number of hydrogen-bond donors (Lipinski definition) is 2.